The van der Waals surface area contributed by atoms with Gasteiger partial charge in [0.2, 0.25) is 0 Å². The molecule has 1 unspecified atom stereocenters. The molecule has 0 radical (unpaired) electrons. The van der Waals surface area contributed by atoms with Crippen LogP contribution < -0.4 is 0 Å². The average Bonchev–Trinajstić information content (AvgIpc) is 2.86. The Bertz CT molecular complexity index is 625. The maximum absolute atomic E-state index is 12.8. The summed E-state index contributed by atoms with van der Waals surface area (Å²) in [5.41, 5.74) is -0.152. The lowest BCUT2D eigenvalue weighted by Crippen LogP contribution is -2.12. The first kappa shape index (κ1) is 16.0. The molecule has 0 aliphatic heterocycles. The zero-order valence-electron chi connectivity index (χ0n) is 11.2. The molecule has 0 fully saturated rings. The monoisotopic (exact) mass is 362 g/mol. The lowest BCUT2D eigenvalue weighted by molar-refractivity contribution is -0.137. The summed E-state index contributed by atoms with van der Waals surface area (Å²) in [7, 11) is 0. The topological polar surface area (TPSA) is 38.0 Å². The van der Waals surface area contributed by atoms with Gasteiger partial charge in [0.1, 0.15) is 6.10 Å². The van der Waals surface area contributed by atoms with E-state index in [0.717, 1.165) is 18.6 Å². The van der Waals surface area contributed by atoms with Gasteiger partial charge in [0.25, 0.3) is 0 Å². The van der Waals surface area contributed by atoms with Crippen LogP contribution in [0.15, 0.2) is 34.9 Å². The van der Waals surface area contributed by atoms with Crippen LogP contribution in [-0.2, 0) is 12.7 Å². The maximum Gasteiger partial charge on any atom is 0.416 e. The van der Waals surface area contributed by atoms with Gasteiger partial charge in [0, 0.05) is 22.8 Å². The van der Waals surface area contributed by atoms with Crippen LogP contribution in [0.25, 0.3) is 0 Å². The lowest BCUT2D eigenvalue weighted by Gasteiger charge is -2.17. The van der Waals surface area contributed by atoms with Gasteiger partial charge in [-0.2, -0.15) is 18.3 Å². The molecule has 1 N–H and O–H groups in total. The summed E-state index contributed by atoms with van der Waals surface area (Å²) in [5.74, 6) is 0. The van der Waals surface area contributed by atoms with E-state index in [1.165, 1.54) is 12.3 Å². The number of alkyl halides is 3. The first-order valence-corrected chi connectivity index (χ1v) is 7.20. The van der Waals surface area contributed by atoms with E-state index in [9.17, 15) is 18.3 Å². The Labute approximate surface area is 128 Å². The highest BCUT2D eigenvalue weighted by molar-refractivity contribution is 9.10. The summed E-state index contributed by atoms with van der Waals surface area (Å²) in [6, 6.07) is 4.83. The Morgan fingerprint density at radius 3 is 2.67 bits per heavy atom. The van der Waals surface area contributed by atoms with Crippen LogP contribution >= 0.6 is 15.9 Å². The predicted molar refractivity (Wildman–Crippen MR) is 75.7 cm³/mol. The molecule has 1 aromatic heterocycles. The zero-order chi connectivity index (χ0) is 15.6. The second-order valence-corrected chi connectivity index (χ2v) is 5.47. The van der Waals surface area contributed by atoms with E-state index in [2.05, 4.69) is 21.0 Å². The van der Waals surface area contributed by atoms with Gasteiger partial charge in [-0.25, -0.2) is 0 Å². The zero-order valence-corrected chi connectivity index (χ0v) is 12.8. The van der Waals surface area contributed by atoms with Gasteiger partial charge >= 0.3 is 6.18 Å². The smallest absolute Gasteiger partial charge is 0.382 e. The third-order valence-electron chi connectivity index (χ3n) is 3.08. The Hall–Kier alpha value is -1.34. The number of benzene rings is 1. The molecule has 21 heavy (non-hydrogen) atoms. The molecule has 0 aliphatic carbocycles. The van der Waals surface area contributed by atoms with Gasteiger partial charge in [0.05, 0.1) is 11.3 Å². The third-order valence-corrected chi connectivity index (χ3v) is 3.81. The van der Waals surface area contributed by atoms with Crippen LogP contribution in [0.1, 0.15) is 36.3 Å². The number of aliphatic hydroxyl groups is 1. The van der Waals surface area contributed by atoms with Crippen molar-refractivity contribution in [2.75, 3.05) is 0 Å². The molecule has 1 aromatic carbocycles. The molecule has 0 bridgehead atoms. The van der Waals surface area contributed by atoms with Gasteiger partial charge < -0.3 is 5.11 Å². The summed E-state index contributed by atoms with van der Waals surface area (Å²) in [5, 5.41) is 14.5. The van der Waals surface area contributed by atoms with Crippen molar-refractivity contribution >= 4 is 15.9 Å². The first-order chi connectivity index (χ1) is 9.84. The number of aromatic nitrogens is 2. The molecule has 0 aliphatic rings. The Balaban J connectivity index is 2.43. The van der Waals surface area contributed by atoms with E-state index in [1.807, 2.05) is 6.92 Å². The third kappa shape index (κ3) is 3.47. The lowest BCUT2D eigenvalue weighted by atomic mass is 10.0. The fraction of sp³-hybridized carbons (Fsp3) is 0.357. The quantitative estimate of drug-likeness (QED) is 0.886. The van der Waals surface area contributed by atoms with E-state index < -0.39 is 17.8 Å². The van der Waals surface area contributed by atoms with Crippen molar-refractivity contribution in [3.63, 3.8) is 0 Å². The summed E-state index contributed by atoms with van der Waals surface area (Å²) < 4.78 is 40.4. The van der Waals surface area contributed by atoms with Crippen LogP contribution in [0.4, 0.5) is 13.2 Å². The Kier molecular flexibility index (Phi) is 4.73. The second-order valence-electron chi connectivity index (χ2n) is 4.62. The number of aliphatic hydroxyl groups excluding tert-OH is 1. The molecule has 1 heterocycles. The molecule has 2 rings (SSSR count). The number of hydrogen-bond acceptors (Lipinski definition) is 2. The molecule has 0 saturated carbocycles. The van der Waals surface area contributed by atoms with Gasteiger partial charge in [-0.05, 0) is 30.7 Å². The largest absolute Gasteiger partial charge is 0.416 e. The summed E-state index contributed by atoms with van der Waals surface area (Å²) in [6.07, 6.45) is -3.28. The van der Waals surface area contributed by atoms with E-state index >= 15 is 0 Å². The van der Waals surface area contributed by atoms with Crippen LogP contribution in [0.2, 0.25) is 0 Å². The number of halogens is 4. The van der Waals surface area contributed by atoms with Crippen molar-refractivity contribution < 1.29 is 18.3 Å². The minimum Gasteiger partial charge on any atom is -0.382 e. The highest BCUT2D eigenvalue weighted by Crippen LogP contribution is 2.35. The Morgan fingerprint density at radius 1 is 1.33 bits per heavy atom. The molecule has 1 atom stereocenters. The number of nitrogens with zero attached hydrogens (tertiary/aromatic N) is 2. The molecule has 114 valence electrons. The van der Waals surface area contributed by atoms with Crippen LogP contribution in [0, 0.1) is 0 Å². The molecule has 3 nitrogen and oxygen atoms in total. The first-order valence-electron chi connectivity index (χ1n) is 6.41. The Morgan fingerprint density at radius 2 is 2.05 bits per heavy atom. The highest BCUT2D eigenvalue weighted by atomic mass is 79.9. The minimum atomic E-state index is -4.45. The summed E-state index contributed by atoms with van der Waals surface area (Å²) in [6.45, 7) is 2.55. The van der Waals surface area contributed by atoms with E-state index in [-0.39, 0.29) is 5.56 Å². The molecule has 0 amide bonds. The fourth-order valence-electron chi connectivity index (χ4n) is 2.06. The van der Waals surface area contributed by atoms with Crippen molar-refractivity contribution in [3.8, 4) is 0 Å². The van der Waals surface area contributed by atoms with Gasteiger partial charge in [-0.1, -0.05) is 22.9 Å². The van der Waals surface area contributed by atoms with Crippen LogP contribution in [0.5, 0.6) is 0 Å². The van der Waals surface area contributed by atoms with Gasteiger partial charge in [-0.3, -0.25) is 4.68 Å². The van der Waals surface area contributed by atoms with Crippen molar-refractivity contribution in [1.29, 1.82) is 0 Å². The number of hydrogen-bond donors (Lipinski definition) is 1. The average molecular weight is 363 g/mol. The van der Waals surface area contributed by atoms with Gasteiger partial charge in [-0.15, -0.1) is 0 Å². The van der Waals surface area contributed by atoms with Crippen LogP contribution in [0.3, 0.4) is 0 Å². The highest BCUT2D eigenvalue weighted by Gasteiger charge is 2.32. The molecule has 0 spiro atoms. The van der Waals surface area contributed by atoms with E-state index in [4.69, 9.17) is 0 Å². The molecule has 2 aromatic rings. The minimum absolute atomic E-state index is 0.169. The van der Waals surface area contributed by atoms with Crippen molar-refractivity contribution in [2.24, 2.45) is 0 Å². The number of rotatable bonds is 4. The van der Waals surface area contributed by atoms with E-state index in [1.54, 1.807) is 10.7 Å². The van der Waals surface area contributed by atoms with Crippen LogP contribution in [-0.4, -0.2) is 14.9 Å². The van der Waals surface area contributed by atoms with Crippen molar-refractivity contribution in [1.82, 2.24) is 9.78 Å². The predicted octanol–water partition coefficient (Wildman–Crippen LogP) is 4.16. The molecular formula is C14H14BrF3N2O. The maximum atomic E-state index is 12.8. The van der Waals surface area contributed by atoms with Gasteiger partial charge in [0.15, 0.2) is 0 Å². The van der Waals surface area contributed by atoms with E-state index in [0.29, 0.717) is 16.7 Å². The second kappa shape index (κ2) is 6.19. The molecular weight excluding hydrogens is 349 g/mol. The summed E-state index contributed by atoms with van der Waals surface area (Å²) >= 11 is 3.19. The summed E-state index contributed by atoms with van der Waals surface area (Å²) in [4.78, 5) is 0. The number of aryl methyl sites for hydroxylation is 1. The van der Waals surface area contributed by atoms with Crippen molar-refractivity contribution in [2.45, 2.75) is 32.2 Å². The molecule has 7 heteroatoms. The normalized spacial score (nSPS) is 13.4. The SMILES string of the molecule is CCCn1nccc1C(O)c1cc(C(F)(F)F)ccc1Br. The molecule has 0 saturated heterocycles. The fourth-order valence-corrected chi connectivity index (χ4v) is 2.53. The van der Waals surface area contributed by atoms with Crippen molar-refractivity contribution in [3.05, 3.63) is 51.8 Å². The standard InChI is InChI=1S/C14H14BrF3N2O/c1-2-7-20-12(5-6-19-20)13(21)10-8-9(14(16,17)18)3-4-11(10)15/h3-6,8,13,21H,2,7H2,1H3.